The molecule has 0 aromatic heterocycles. The fourth-order valence-corrected chi connectivity index (χ4v) is 3.06. The molecular weight excluding hydrogens is 336 g/mol. The first-order valence-corrected chi connectivity index (χ1v) is 8.58. The minimum Gasteiger partial charge on any atom is -0.507 e. The van der Waals surface area contributed by atoms with Gasteiger partial charge < -0.3 is 5.11 Å². The number of phenols is 1. The summed E-state index contributed by atoms with van der Waals surface area (Å²) in [6.07, 6.45) is 0. The molecule has 3 N–H and O–H groups in total. The quantitative estimate of drug-likeness (QED) is 0.469. The second-order valence-corrected chi connectivity index (χ2v) is 6.34. The Kier molecular flexibility index (Phi) is 4.22. The molecular formula is C23H18N2O2. The Labute approximate surface area is 156 Å². The summed E-state index contributed by atoms with van der Waals surface area (Å²) in [7, 11) is 0. The first-order chi connectivity index (χ1) is 13.1. The molecule has 0 saturated heterocycles. The average molecular weight is 354 g/mol. The van der Waals surface area contributed by atoms with E-state index >= 15 is 0 Å². The molecule has 1 amide bonds. The lowest BCUT2D eigenvalue weighted by atomic mass is 10.1. The number of amides is 1. The fourth-order valence-electron chi connectivity index (χ4n) is 3.06. The third kappa shape index (κ3) is 3.33. The van der Waals surface area contributed by atoms with Crippen LogP contribution in [0.25, 0.3) is 27.2 Å². The van der Waals surface area contributed by atoms with Crippen molar-refractivity contribution >= 4 is 33.1 Å². The van der Waals surface area contributed by atoms with Gasteiger partial charge in [-0.2, -0.15) is 0 Å². The van der Waals surface area contributed by atoms with Crippen LogP contribution in [0.3, 0.4) is 0 Å². The van der Waals surface area contributed by atoms with Crippen molar-refractivity contribution in [1.82, 2.24) is 10.9 Å². The second-order valence-electron chi connectivity index (χ2n) is 6.34. The lowest BCUT2D eigenvalue weighted by Crippen LogP contribution is -2.35. The maximum Gasteiger partial charge on any atom is 0.273 e. The average Bonchev–Trinajstić information content (AvgIpc) is 2.70. The Balaban J connectivity index is 1.51. The molecule has 0 fully saturated rings. The smallest absolute Gasteiger partial charge is 0.273 e. The van der Waals surface area contributed by atoms with E-state index in [4.69, 9.17) is 0 Å². The van der Waals surface area contributed by atoms with Crippen LogP contribution in [-0.2, 0) is 0 Å². The molecule has 4 heteroatoms. The second kappa shape index (κ2) is 6.84. The van der Waals surface area contributed by atoms with Crippen LogP contribution in [0, 0.1) is 0 Å². The number of aromatic hydroxyl groups is 1. The number of nitrogens with one attached hydrogen (secondary N) is 2. The number of hydrogen-bond donors (Lipinski definition) is 3. The zero-order chi connectivity index (χ0) is 18.8. The summed E-state index contributed by atoms with van der Waals surface area (Å²) in [5, 5.41) is 14.2. The predicted octanol–water partition coefficient (Wildman–Crippen LogP) is 4.60. The van der Waals surface area contributed by atoms with Gasteiger partial charge in [0.2, 0.25) is 0 Å². The maximum absolute atomic E-state index is 12.5. The first kappa shape index (κ1) is 16.7. The minimum absolute atomic E-state index is 0.0654. The van der Waals surface area contributed by atoms with Gasteiger partial charge in [-0.25, -0.2) is 0 Å². The Morgan fingerprint density at radius 3 is 2.04 bits per heavy atom. The molecule has 4 aromatic rings. The molecule has 0 aliphatic carbocycles. The summed E-state index contributed by atoms with van der Waals surface area (Å²) >= 11 is 0. The van der Waals surface area contributed by atoms with Crippen molar-refractivity contribution in [2.45, 2.75) is 0 Å². The highest BCUT2D eigenvalue weighted by molar-refractivity contribution is 6.01. The maximum atomic E-state index is 12.5. The van der Waals surface area contributed by atoms with E-state index in [2.05, 4.69) is 17.4 Å². The predicted molar refractivity (Wildman–Crippen MR) is 109 cm³/mol. The Hall–Kier alpha value is -3.79. The van der Waals surface area contributed by atoms with Crippen molar-refractivity contribution < 1.29 is 9.90 Å². The number of carbonyl (C=O) groups is 1. The van der Waals surface area contributed by atoms with E-state index in [9.17, 15) is 9.90 Å². The lowest BCUT2D eigenvalue weighted by molar-refractivity contribution is 0.0940. The molecule has 0 bridgehead atoms. The Morgan fingerprint density at radius 2 is 1.33 bits per heavy atom. The molecule has 0 atom stereocenters. The van der Waals surface area contributed by atoms with Gasteiger partial charge in [0.25, 0.3) is 5.91 Å². The normalized spacial score (nSPS) is 10.7. The van der Waals surface area contributed by atoms with Crippen LogP contribution in [0.4, 0.5) is 0 Å². The summed E-state index contributed by atoms with van der Waals surface area (Å²) in [4.78, 5) is 12.5. The van der Waals surface area contributed by atoms with Gasteiger partial charge in [-0.3, -0.25) is 15.6 Å². The number of fused-ring (bicyclic) bond motifs is 2. The van der Waals surface area contributed by atoms with Crippen LogP contribution >= 0.6 is 0 Å². The molecule has 0 heterocycles. The van der Waals surface area contributed by atoms with Gasteiger partial charge in [-0.05, 0) is 45.3 Å². The highest BCUT2D eigenvalue weighted by Crippen LogP contribution is 2.25. The van der Waals surface area contributed by atoms with E-state index in [1.807, 2.05) is 66.7 Å². The third-order valence-corrected chi connectivity index (χ3v) is 4.53. The lowest BCUT2D eigenvalue weighted by Gasteiger charge is -2.13. The molecule has 0 spiro atoms. The van der Waals surface area contributed by atoms with E-state index in [1.165, 1.54) is 0 Å². The largest absolute Gasteiger partial charge is 0.507 e. The number of carbonyl (C=O) groups excluding carboxylic acids is 1. The standard InChI is InChI=1S/C23H18N2O2/c1-15(17-11-10-16-6-2-3-7-18(16)12-17)24-25-23(27)21-13-19-8-4-5-9-20(19)14-22(21)26/h2-14,24,26H,1H2,(H,25,27). The Bertz CT molecular complexity index is 1180. The number of hydrogen-bond acceptors (Lipinski definition) is 3. The van der Waals surface area contributed by atoms with E-state index < -0.39 is 5.91 Å². The van der Waals surface area contributed by atoms with Crippen LogP contribution < -0.4 is 10.9 Å². The number of hydrazine groups is 1. The molecule has 0 aliphatic rings. The fraction of sp³-hybridized carbons (Fsp3) is 0. The summed E-state index contributed by atoms with van der Waals surface area (Å²) in [6.45, 7) is 3.98. The molecule has 4 aromatic carbocycles. The van der Waals surface area contributed by atoms with Gasteiger partial charge in [-0.15, -0.1) is 0 Å². The van der Waals surface area contributed by atoms with Crippen molar-refractivity contribution in [3.05, 3.63) is 96.6 Å². The molecule has 4 nitrogen and oxygen atoms in total. The van der Waals surface area contributed by atoms with Gasteiger partial charge in [-0.1, -0.05) is 67.2 Å². The summed E-state index contributed by atoms with van der Waals surface area (Å²) < 4.78 is 0. The van der Waals surface area contributed by atoms with Crippen molar-refractivity contribution in [3.63, 3.8) is 0 Å². The van der Waals surface area contributed by atoms with Crippen LogP contribution in [0.5, 0.6) is 5.75 Å². The van der Waals surface area contributed by atoms with Gasteiger partial charge in [0.1, 0.15) is 5.75 Å². The van der Waals surface area contributed by atoms with Crippen molar-refractivity contribution in [2.24, 2.45) is 0 Å². The van der Waals surface area contributed by atoms with Crippen molar-refractivity contribution in [2.75, 3.05) is 0 Å². The molecule has 0 saturated carbocycles. The van der Waals surface area contributed by atoms with Crippen LogP contribution in [0.1, 0.15) is 15.9 Å². The molecule has 4 rings (SSSR count). The highest BCUT2D eigenvalue weighted by atomic mass is 16.3. The molecule has 0 radical (unpaired) electrons. The highest BCUT2D eigenvalue weighted by Gasteiger charge is 2.12. The van der Waals surface area contributed by atoms with Crippen molar-refractivity contribution in [1.29, 1.82) is 0 Å². The summed E-state index contributed by atoms with van der Waals surface area (Å²) in [5.41, 5.74) is 7.07. The number of benzene rings is 4. The first-order valence-electron chi connectivity index (χ1n) is 8.58. The molecule has 132 valence electrons. The van der Waals surface area contributed by atoms with Gasteiger partial charge >= 0.3 is 0 Å². The number of phenolic OH excluding ortho intramolecular Hbond substituents is 1. The van der Waals surface area contributed by atoms with Crippen LogP contribution in [0.2, 0.25) is 0 Å². The zero-order valence-corrected chi connectivity index (χ0v) is 14.6. The molecule has 0 aliphatic heterocycles. The van der Waals surface area contributed by atoms with E-state index in [-0.39, 0.29) is 11.3 Å². The van der Waals surface area contributed by atoms with Crippen LogP contribution in [0.15, 0.2) is 85.4 Å². The van der Waals surface area contributed by atoms with E-state index in [1.54, 1.807) is 12.1 Å². The van der Waals surface area contributed by atoms with E-state index in [0.29, 0.717) is 5.70 Å². The summed E-state index contributed by atoms with van der Waals surface area (Å²) in [5.74, 6) is -0.496. The SMILES string of the molecule is C=C(NNC(=O)c1cc2ccccc2cc1O)c1ccc2ccccc2c1. The Morgan fingerprint density at radius 1 is 0.741 bits per heavy atom. The molecule has 0 unspecified atom stereocenters. The van der Waals surface area contributed by atoms with Crippen LogP contribution in [-0.4, -0.2) is 11.0 Å². The van der Waals surface area contributed by atoms with Crippen molar-refractivity contribution in [3.8, 4) is 5.75 Å². The summed E-state index contributed by atoms with van der Waals surface area (Å²) in [6, 6.07) is 24.8. The van der Waals surface area contributed by atoms with Gasteiger partial charge in [0, 0.05) is 0 Å². The van der Waals surface area contributed by atoms with Gasteiger partial charge in [0.05, 0.1) is 11.3 Å². The zero-order valence-electron chi connectivity index (χ0n) is 14.6. The molecule has 27 heavy (non-hydrogen) atoms. The number of rotatable bonds is 4. The third-order valence-electron chi connectivity index (χ3n) is 4.53. The monoisotopic (exact) mass is 354 g/mol. The van der Waals surface area contributed by atoms with Gasteiger partial charge in [0.15, 0.2) is 0 Å². The topological polar surface area (TPSA) is 61.4 Å². The minimum atomic E-state index is -0.430. The van der Waals surface area contributed by atoms with E-state index in [0.717, 1.165) is 27.1 Å².